The van der Waals surface area contributed by atoms with Crippen LogP contribution in [0.1, 0.15) is 31.2 Å². The lowest BCUT2D eigenvalue weighted by molar-refractivity contribution is -0.121. The van der Waals surface area contributed by atoms with Crippen molar-refractivity contribution < 1.29 is 13.2 Å². The van der Waals surface area contributed by atoms with Crippen molar-refractivity contribution >= 4 is 15.7 Å². The van der Waals surface area contributed by atoms with Gasteiger partial charge in [-0.2, -0.15) is 0 Å². The Morgan fingerprint density at radius 2 is 1.86 bits per heavy atom. The maximum absolute atomic E-state index is 11.9. The number of rotatable bonds is 6. The van der Waals surface area contributed by atoms with Gasteiger partial charge in [0.15, 0.2) is 9.84 Å². The molecule has 1 saturated heterocycles. The minimum Gasteiger partial charge on any atom is -0.352 e. The molecule has 1 fully saturated rings. The second-order valence-electron chi connectivity index (χ2n) is 5.92. The van der Waals surface area contributed by atoms with Gasteiger partial charge < -0.3 is 10.6 Å². The average Bonchev–Trinajstić information content (AvgIpc) is 2.51. The highest BCUT2D eigenvalue weighted by molar-refractivity contribution is 7.90. The molecule has 1 heterocycles. The third-order valence-corrected chi connectivity index (χ3v) is 5.21. The molecule has 22 heavy (non-hydrogen) atoms. The van der Waals surface area contributed by atoms with Crippen molar-refractivity contribution in [2.45, 2.75) is 37.1 Å². The van der Waals surface area contributed by atoms with Crippen LogP contribution < -0.4 is 10.6 Å². The molecule has 6 heteroatoms. The fourth-order valence-electron chi connectivity index (χ4n) is 2.65. The van der Waals surface area contributed by atoms with Crippen LogP contribution in [0.4, 0.5) is 0 Å². The number of hydrogen-bond acceptors (Lipinski definition) is 4. The lowest BCUT2D eigenvalue weighted by Gasteiger charge is -2.22. The molecule has 5 nitrogen and oxygen atoms in total. The summed E-state index contributed by atoms with van der Waals surface area (Å²) in [6.07, 6.45) is 5.00. The number of benzene rings is 1. The zero-order valence-electron chi connectivity index (χ0n) is 13.0. The number of piperidine rings is 1. The van der Waals surface area contributed by atoms with Crippen LogP contribution in [0.5, 0.6) is 0 Å². The Kier molecular flexibility index (Phi) is 5.97. The van der Waals surface area contributed by atoms with E-state index < -0.39 is 9.84 Å². The Bertz CT molecular complexity index is 590. The molecule has 1 aromatic carbocycles. The first kappa shape index (κ1) is 17.0. The number of sulfone groups is 1. The van der Waals surface area contributed by atoms with Crippen LogP contribution in [-0.4, -0.2) is 33.7 Å². The maximum Gasteiger partial charge on any atom is 0.220 e. The summed E-state index contributed by atoms with van der Waals surface area (Å²) in [5.74, 6) is 0.715. The Hall–Kier alpha value is -1.40. The molecule has 0 aromatic heterocycles. The van der Waals surface area contributed by atoms with E-state index in [1.807, 2.05) is 0 Å². The molecule has 0 aliphatic carbocycles. The lowest BCUT2D eigenvalue weighted by atomic mass is 9.93. The number of hydrogen-bond donors (Lipinski definition) is 2. The first-order valence-corrected chi connectivity index (χ1v) is 9.61. The largest absolute Gasteiger partial charge is 0.352 e. The lowest BCUT2D eigenvalue weighted by Crippen LogP contribution is -2.29. The Balaban J connectivity index is 1.73. The van der Waals surface area contributed by atoms with Gasteiger partial charge in [-0.15, -0.1) is 0 Å². The smallest absolute Gasteiger partial charge is 0.220 e. The second-order valence-corrected chi connectivity index (χ2v) is 7.94. The topological polar surface area (TPSA) is 75.3 Å². The van der Waals surface area contributed by atoms with Crippen LogP contribution in [0.25, 0.3) is 0 Å². The Morgan fingerprint density at radius 1 is 1.23 bits per heavy atom. The average molecular weight is 324 g/mol. The van der Waals surface area contributed by atoms with E-state index in [9.17, 15) is 13.2 Å². The molecule has 0 bridgehead atoms. The quantitative estimate of drug-likeness (QED) is 0.831. The molecule has 0 radical (unpaired) electrons. The van der Waals surface area contributed by atoms with Crippen LogP contribution in [-0.2, 0) is 21.2 Å². The molecule has 0 spiro atoms. The molecule has 0 unspecified atom stereocenters. The summed E-state index contributed by atoms with van der Waals surface area (Å²) in [6, 6.07) is 6.63. The highest BCUT2D eigenvalue weighted by atomic mass is 32.2. The third-order valence-electron chi connectivity index (χ3n) is 4.08. The monoisotopic (exact) mass is 324 g/mol. The van der Waals surface area contributed by atoms with E-state index in [0.29, 0.717) is 23.8 Å². The molecular formula is C16H24N2O3S. The van der Waals surface area contributed by atoms with Gasteiger partial charge in [0.2, 0.25) is 5.91 Å². The van der Waals surface area contributed by atoms with E-state index in [2.05, 4.69) is 10.6 Å². The first-order valence-electron chi connectivity index (χ1n) is 7.71. The standard InChI is InChI=1S/C16H24N2O3S/c1-22(20,21)15-5-2-14(3-6-15)12-18-16(19)7-4-13-8-10-17-11-9-13/h2-3,5-6,13,17H,4,7-12H2,1H3,(H,18,19). The van der Waals surface area contributed by atoms with Gasteiger partial charge in [0.25, 0.3) is 0 Å². The van der Waals surface area contributed by atoms with Crippen LogP contribution in [0.2, 0.25) is 0 Å². The summed E-state index contributed by atoms with van der Waals surface area (Å²) >= 11 is 0. The fraction of sp³-hybridized carbons (Fsp3) is 0.562. The van der Waals surface area contributed by atoms with E-state index in [1.165, 1.54) is 6.26 Å². The normalized spacial score (nSPS) is 16.4. The van der Waals surface area contributed by atoms with Crippen molar-refractivity contribution in [2.24, 2.45) is 5.92 Å². The SMILES string of the molecule is CS(=O)(=O)c1ccc(CNC(=O)CCC2CCNCC2)cc1. The van der Waals surface area contributed by atoms with Crippen molar-refractivity contribution in [1.29, 1.82) is 0 Å². The zero-order chi connectivity index (χ0) is 16.0. The van der Waals surface area contributed by atoms with Crippen LogP contribution in [0, 0.1) is 5.92 Å². The highest BCUT2D eigenvalue weighted by Gasteiger charge is 2.14. The Morgan fingerprint density at radius 3 is 2.45 bits per heavy atom. The molecule has 1 aliphatic rings. The van der Waals surface area contributed by atoms with Crippen LogP contribution in [0.15, 0.2) is 29.2 Å². The van der Waals surface area contributed by atoms with Gasteiger partial charge in [-0.05, 0) is 56.0 Å². The van der Waals surface area contributed by atoms with Gasteiger partial charge in [-0.25, -0.2) is 8.42 Å². The fourth-order valence-corrected chi connectivity index (χ4v) is 3.28. The van der Waals surface area contributed by atoms with Crippen molar-refractivity contribution in [1.82, 2.24) is 10.6 Å². The van der Waals surface area contributed by atoms with E-state index in [0.717, 1.165) is 37.9 Å². The summed E-state index contributed by atoms with van der Waals surface area (Å²) in [5.41, 5.74) is 0.905. The first-order chi connectivity index (χ1) is 10.4. The summed E-state index contributed by atoms with van der Waals surface area (Å²) < 4.78 is 22.7. The molecule has 1 aliphatic heterocycles. The molecule has 2 rings (SSSR count). The van der Waals surface area contributed by atoms with Gasteiger partial charge in [-0.1, -0.05) is 12.1 Å². The second kappa shape index (κ2) is 7.74. The summed E-state index contributed by atoms with van der Waals surface area (Å²) in [6.45, 7) is 2.55. The summed E-state index contributed by atoms with van der Waals surface area (Å²) in [5, 5.41) is 6.21. The highest BCUT2D eigenvalue weighted by Crippen LogP contribution is 2.17. The Labute approximate surface area is 132 Å². The number of carbonyl (C=O) groups is 1. The van der Waals surface area contributed by atoms with E-state index in [4.69, 9.17) is 0 Å². The zero-order valence-corrected chi connectivity index (χ0v) is 13.8. The predicted molar refractivity (Wildman–Crippen MR) is 86.2 cm³/mol. The third kappa shape index (κ3) is 5.42. The van der Waals surface area contributed by atoms with Gasteiger partial charge in [0.1, 0.15) is 0 Å². The molecule has 1 amide bonds. The summed E-state index contributed by atoms with van der Waals surface area (Å²) in [4.78, 5) is 12.2. The van der Waals surface area contributed by atoms with Crippen LogP contribution in [0.3, 0.4) is 0 Å². The van der Waals surface area contributed by atoms with Gasteiger partial charge in [0, 0.05) is 19.2 Å². The van der Waals surface area contributed by atoms with E-state index in [-0.39, 0.29) is 5.91 Å². The number of carbonyl (C=O) groups excluding carboxylic acids is 1. The van der Waals surface area contributed by atoms with Crippen molar-refractivity contribution in [3.8, 4) is 0 Å². The van der Waals surface area contributed by atoms with Crippen molar-refractivity contribution in [3.63, 3.8) is 0 Å². The molecule has 1 aromatic rings. The van der Waals surface area contributed by atoms with E-state index in [1.54, 1.807) is 24.3 Å². The minimum absolute atomic E-state index is 0.0609. The molecule has 0 saturated carbocycles. The van der Waals surface area contributed by atoms with Crippen LogP contribution >= 0.6 is 0 Å². The number of nitrogens with one attached hydrogen (secondary N) is 2. The van der Waals surface area contributed by atoms with Gasteiger partial charge >= 0.3 is 0 Å². The minimum atomic E-state index is -3.16. The predicted octanol–water partition coefficient (Wildman–Crippen LogP) is 1.49. The molecule has 122 valence electrons. The maximum atomic E-state index is 11.9. The summed E-state index contributed by atoms with van der Waals surface area (Å²) in [7, 11) is -3.16. The van der Waals surface area contributed by atoms with Crippen molar-refractivity contribution in [2.75, 3.05) is 19.3 Å². The number of amides is 1. The van der Waals surface area contributed by atoms with Gasteiger partial charge in [0.05, 0.1) is 4.90 Å². The molecule has 0 atom stereocenters. The van der Waals surface area contributed by atoms with Gasteiger partial charge in [-0.3, -0.25) is 4.79 Å². The molecular weight excluding hydrogens is 300 g/mol. The molecule has 2 N–H and O–H groups in total. The van der Waals surface area contributed by atoms with Crippen molar-refractivity contribution in [3.05, 3.63) is 29.8 Å². The van der Waals surface area contributed by atoms with E-state index >= 15 is 0 Å².